The van der Waals surface area contributed by atoms with Crippen LogP contribution in [-0.4, -0.2) is 57.6 Å². The topological polar surface area (TPSA) is 58.4 Å². The van der Waals surface area contributed by atoms with Gasteiger partial charge in [0, 0.05) is 49.5 Å². The monoisotopic (exact) mass is 346 g/mol. The van der Waals surface area contributed by atoms with E-state index in [9.17, 15) is 9.59 Å². The number of amides is 2. The third-order valence-electron chi connectivity index (χ3n) is 4.41. The summed E-state index contributed by atoms with van der Waals surface area (Å²) in [4.78, 5) is 28.6. The van der Waals surface area contributed by atoms with Crippen LogP contribution in [-0.2, 0) is 7.05 Å². The normalized spacial score (nSPS) is 14.8. The Morgan fingerprint density at radius 3 is 2.04 bits per heavy atom. The van der Waals surface area contributed by atoms with Crippen molar-refractivity contribution < 1.29 is 9.59 Å². The number of carbonyl (C=O) groups is 2. The molecule has 0 spiro atoms. The van der Waals surface area contributed by atoms with Crippen molar-refractivity contribution in [3.63, 3.8) is 0 Å². The molecule has 24 heavy (non-hydrogen) atoms. The zero-order valence-electron chi connectivity index (χ0n) is 13.7. The second kappa shape index (κ2) is 6.65. The van der Waals surface area contributed by atoms with Crippen LogP contribution in [0.5, 0.6) is 0 Å². The lowest BCUT2D eigenvalue weighted by molar-refractivity contribution is 0.0535. The van der Waals surface area contributed by atoms with Gasteiger partial charge in [-0.05, 0) is 31.2 Å². The number of aromatic nitrogens is 2. The first kappa shape index (κ1) is 16.5. The first-order valence-electron chi connectivity index (χ1n) is 7.80. The van der Waals surface area contributed by atoms with Gasteiger partial charge in [-0.15, -0.1) is 0 Å². The minimum atomic E-state index is -0.0312. The van der Waals surface area contributed by atoms with Crippen LogP contribution in [0.25, 0.3) is 0 Å². The number of rotatable bonds is 2. The Hall–Kier alpha value is -2.34. The van der Waals surface area contributed by atoms with Gasteiger partial charge in [-0.25, -0.2) is 0 Å². The average Bonchev–Trinajstić information content (AvgIpc) is 2.94. The van der Waals surface area contributed by atoms with Crippen LogP contribution in [0, 0.1) is 6.92 Å². The van der Waals surface area contributed by atoms with E-state index in [0.29, 0.717) is 42.3 Å². The second-order valence-corrected chi connectivity index (χ2v) is 6.29. The number of aryl methyl sites for hydroxylation is 1. The van der Waals surface area contributed by atoms with Crippen LogP contribution in [0.2, 0.25) is 5.02 Å². The number of piperazine rings is 1. The highest BCUT2D eigenvalue weighted by molar-refractivity contribution is 6.30. The van der Waals surface area contributed by atoms with Gasteiger partial charge in [-0.1, -0.05) is 11.6 Å². The van der Waals surface area contributed by atoms with Crippen molar-refractivity contribution in [1.82, 2.24) is 19.6 Å². The molecule has 0 radical (unpaired) electrons. The van der Waals surface area contributed by atoms with Crippen LogP contribution >= 0.6 is 11.6 Å². The fourth-order valence-corrected chi connectivity index (χ4v) is 2.89. The SMILES string of the molecule is Cc1c(C(=O)N2CCN(C(=O)c3ccc(Cl)cc3)CC2)cnn1C. The van der Waals surface area contributed by atoms with Crippen molar-refractivity contribution in [2.24, 2.45) is 7.05 Å². The van der Waals surface area contributed by atoms with Crippen molar-refractivity contribution in [3.8, 4) is 0 Å². The summed E-state index contributed by atoms with van der Waals surface area (Å²) < 4.78 is 1.69. The average molecular weight is 347 g/mol. The predicted molar refractivity (Wildman–Crippen MR) is 91.2 cm³/mol. The van der Waals surface area contributed by atoms with Crippen molar-refractivity contribution in [1.29, 1.82) is 0 Å². The first-order chi connectivity index (χ1) is 11.5. The molecule has 0 aliphatic carbocycles. The molecule has 0 unspecified atom stereocenters. The summed E-state index contributed by atoms with van der Waals surface area (Å²) in [6, 6.07) is 6.86. The molecule has 1 aromatic heterocycles. The van der Waals surface area contributed by atoms with E-state index in [1.807, 2.05) is 14.0 Å². The number of hydrogen-bond donors (Lipinski definition) is 0. The van der Waals surface area contributed by atoms with Crippen LogP contribution in [0.1, 0.15) is 26.4 Å². The molecule has 1 aromatic carbocycles. The van der Waals surface area contributed by atoms with Gasteiger partial charge in [0.2, 0.25) is 0 Å². The maximum Gasteiger partial charge on any atom is 0.257 e. The Bertz CT molecular complexity index is 761. The number of benzene rings is 1. The molecule has 0 N–H and O–H groups in total. The molecule has 2 heterocycles. The third-order valence-corrected chi connectivity index (χ3v) is 4.66. The van der Waals surface area contributed by atoms with Gasteiger partial charge in [0.05, 0.1) is 11.8 Å². The summed E-state index contributed by atoms with van der Waals surface area (Å²) in [5.41, 5.74) is 2.08. The fourth-order valence-electron chi connectivity index (χ4n) is 2.77. The first-order valence-corrected chi connectivity index (χ1v) is 8.18. The Balaban J connectivity index is 1.63. The summed E-state index contributed by atoms with van der Waals surface area (Å²) >= 11 is 5.85. The summed E-state index contributed by atoms with van der Waals surface area (Å²) in [5.74, 6) is -0.0597. The van der Waals surface area contributed by atoms with Crippen LogP contribution in [0.4, 0.5) is 0 Å². The highest BCUT2D eigenvalue weighted by atomic mass is 35.5. The van der Waals surface area contributed by atoms with Gasteiger partial charge in [-0.3, -0.25) is 14.3 Å². The highest BCUT2D eigenvalue weighted by Crippen LogP contribution is 2.15. The standard InChI is InChI=1S/C17H19ClN4O2/c1-12-15(11-19-20(12)2)17(24)22-9-7-21(8-10-22)16(23)13-3-5-14(18)6-4-13/h3-6,11H,7-10H2,1-2H3. The van der Waals surface area contributed by atoms with E-state index in [0.717, 1.165) is 5.69 Å². The maximum absolute atomic E-state index is 12.6. The minimum absolute atomic E-state index is 0.0285. The number of halogens is 1. The third kappa shape index (κ3) is 3.14. The summed E-state index contributed by atoms with van der Waals surface area (Å²) in [6.45, 7) is 3.96. The van der Waals surface area contributed by atoms with Crippen LogP contribution in [0.15, 0.2) is 30.5 Å². The van der Waals surface area contributed by atoms with Gasteiger partial charge in [0.25, 0.3) is 11.8 Å². The molecule has 126 valence electrons. The second-order valence-electron chi connectivity index (χ2n) is 5.86. The zero-order chi connectivity index (χ0) is 17.3. The predicted octanol–water partition coefficient (Wildman–Crippen LogP) is 1.98. The summed E-state index contributed by atoms with van der Waals surface area (Å²) in [5, 5.41) is 4.72. The molecular weight excluding hydrogens is 328 g/mol. The molecule has 7 heteroatoms. The Kier molecular flexibility index (Phi) is 4.57. The van der Waals surface area contributed by atoms with Crippen molar-refractivity contribution in [3.05, 3.63) is 52.3 Å². The quantitative estimate of drug-likeness (QED) is 0.835. The molecule has 6 nitrogen and oxygen atoms in total. The number of carbonyl (C=O) groups excluding carboxylic acids is 2. The molecule has 2 amide bonds. The van der Waals surface area contributed by atoms with Gasteiger partial charge >= 0.3 is 0 Å². The van der Waals surface area contributed by atoms with Gasteiger partial charge in [0.15, 0.2) is 0 Å². The van der Waals surface area contributed by atoms with E-state index in [-0.39, 0.29) is 11.8 Å². The summed E-state index contributed by atoms with van der Waals surface area (Å²) in [6.07, 6.45) is 1.60. The van der Waals surface area contributed by atoms with E-state index in [1.165, 1.54) is 0 Å². The lowest BCUT2D eigenvalue weighted by atomic mass is 10.1. The van der Waals surface area contributed by atoms with E-state index < -0.39 is 0 Å². The summed E-state index contributed by atoms with van der Waals surface area (Å²) in [7, 11) is 1.81. The van der Waals surface area contributed by atoms with Gasteiger partial charge in [0.1, 0.15) is 0 Å². The molecule has 1 saturated heterocycles. The molecule has 1 aliphatic rings. The Labute approximate surface area is 145 Å². The van der Waals surface area contributed by atoms with E-state index in [1.54, 1.807) is 44.9 Å². The van der Waals surface area contributed by atoms with Gasteiger partial charge < -0.3 is 9.80 Å². The minimum Gasteiger partial charge on any atom is -0.335 e. The van der Waals surface area contributed by atoms with Crippen LogP contribution < -0.4 is 0 Å². The molecule has 1 fully saturated rings. The van der Waals surface area contributed by atoms with Crippen molar-refractivity contribution >= 4 is 23.4 Å². The van der Waals surface area contributed by atoms with E-state index in [2.05, 4.69) is 5.10 Å². The maximum atomic E-state index is 12.6. The molecular formula is C17H19ClN4O2. The number of hydrogen-bond acceptors (Lipinski definition) is 3. The smallest absolute Gasteiger partial charge is 0.257 e. The lowest BCUT2D eigenvalue weighted by Crippen LogP contribution is -2.50. The highest BCUT2D eigenvalue weighted by Gasteiger charge is 2.27. The van der Waals surface area contributed by atoms with E-state index in [4.69, 9.17) is 11.6 Å². The molecule has 0 saturated carbocycles. The Morgan fingerprint density at radius 1 is 1.00 bits per heavy atom. The van der Waals surface area contributed by atoms with Gasteiger partial charge in [-0.2, -0.15) is 5.10 Å². The molecule has 2 aromatic rings. The van der Waals surface area contributed by atoms with Crippen LogP contribution in [0.3, 0.4) is 0 Å². The number of nitrogens with zero attached hydrogens (tertiary/aromatic N) is 4. The van der Waals surface area contributed by atoms with E-state index >= 15 is 0 Å². The Morgan fingerprint density at radius 2 is 1.54 bits per heavy atom. The zero-order valence-corrected chi connectivity index (χ0v) is 14.5. The lowest BCUT2D eigenvalue weighted by Gasteiger charge is -2.34. The largest absolute Gasteiger partial charge is 0.335 e. The van der Waals surface area contributed by atoms with Crippen molar-refractivity contribution in [2.75, 3.05) is 26.2 Å². The molecule has 1 aliphatic heterocycles. The molecule has 0 atom stereocenters. The van der Waals surface area contributed by atoms with Crippen molar-refractivity contribution in [2.45, 2.75) is 6.92 Å². The fraction of sp³-hybridized carbons (Fsp3) is 0.353. The molecule has 3 rings (SSSR count). The molecule has 0 bridgehead atoms.